The minimum absolute atomic E-state index is 0.539. The molecular formula is C19H22O2. The van der Waals surface area contributed by atoms with Gasteiger partial charge in [-0.25, -0.2) is 0 Å². The van der Waals surface area contributed by atoms with E-state index in [0.29, 0.717) is 6.42 Å². The summed E-state index contributed by atoms with van der Waals surface area (Å²) in [5.74, 6) is 0.780. The topological polar surface area (TPSA) is 26.3 Å². The zero-order valence-corrected chi connectivity index (χ0v) is 12.9. The summed E-state index contributed by atoms with van der Waals surface area (Å²) in [6.45, 7) is 4.11. The van der Waals surface area contributed by atoms with Crippen LogP contribution < -0.4 is 4.74 Å². The zero-order valence-electron chi connectivity index (χ0n) is 12.9. The molecule has 1 unspecified atom stereocenters. The molecule has 0 heterocycles. The maximum absolute atomic E-state index is 11.7. The van der Waals surface area contributed by atoms with Crippen LogP contribution >= 0.6 is 0 Å². The minimum atomic E-state index is -0.539. The van der Waals surface area contributed by atoms with Gasteiger partial charge in [0.05, 0.1) is 12.5 Å². The zero-order chi connectivity index (χ0) is 15.3. The molecule has 0 radical (unpaired) electrons. The highest BCUT2D eigenvalue weighted by molar-refractivity contribution is 5.69. The normalized spacial score (nSPS) is 13.5. The maximum atomic E-state index is 11.7. The fourth-order valence-electron chi connectivity index (χ4n) is 2.51. The molecule has 0 N–H and O–H groups in total. The van der Waals surface area contributed by atoms with E-state index in [9.17, 15) is 4.79 Å². The van der Waals surface area contributed by atoms with Gasteiger partial charge in [0.25, 0.3) is 0 Å². The number of carbonyl (C=O) groups is 1. The van der Waals surface area contributed by atoms with Crippen molar-refractivity contribution in [1.29, 1.82) is 0 Å². The summed E-state index contributed by atoms with van der Waals surface area (Å²) in [7, 11) is 1.64. The molecule has 2 aromatic rings. The predicted molar refractivity (Wildman–Crippen MR) is 85.9 cm³/mol. The SMILES string of the molecule is CCc1ccc(CC(C)(C=O)c2cccc(OC)c2)cc1. The van der Waals surface area contributed by atoms with Crippen molar-refractivity contribution in [3.8, 4) is 5.75 Å². The Kier molecular flexibility index (Phi) is 4.79. The molecule has 0 aliphatic rings. The molecule has 21 heavy (non-hydrogen) atoms. The van der Waals surface area contributed by atoms with Crippen LogP contribution in [0.2, 0.25) is 0 Å². The molecule has 0 bridgehead atoms. The second kappa shape index (κ2) is 6.57. The first-order chi connectivity index (χ1) is 10.1. The smallest absolute Gasteiger partial charge is 0.130 e. The Hall–Kier alpha value is -2.09. The number of aldehydes is 1. The van der Waals surface area contributed by atoms with Gasteiger partial charge in [0, 0.05) is 0 Å². The molecule has 2 rings (SSSR count). The lowest BCUT2D eigenvalue weighted by molar-refractivity contribution is -0.112. The highest BCUT2D eigenvalue weighted by Crippen LogP contribution is 2.29. The fourth-order valence-corrected chi connectivity index (χ4v) is 2.51. The molecule has 2 heteroatoms. The molecule has 1 atom stereocenters. The Labute approximate surface area is 126 Å². The highest BCUT2D eigenvalue weighted by atomic mass is 16.5. The first-order valence-corrected chi connectivity index (χ1v) is 7.30. The van der Waals surface area contributed by atoms with Crippen LogP contribution in [0, 0.1) is 0 Å². The molecule has 0 spiro atoms. The van der Waals surface area contributed by atoms with Gasteiger partial charge in [-0.3, -0.25) is 0 Å². The van der Waals surface area contributed by atoms with Crippen molar-refractivity contribution < 1.29 is 9.53 Å². The molecule has 0 amide bonds. The van der Waals surface area contributed by atoms with Crippen LogP contribution in [0.25, 0.3) is 0 Å². The number of carbonyl (C=O) groups excluding carboxylic acids is 1. The fraction of sp³-hybridized carbons (Fsp3) is 0.316. The van der Waals surface area contributed by atoms with E-state index in [2.05, 4.69) is 31.2 Å². The quantitative estimate of drug-likeness (QED) is 0.750. The lowest BCUT2D eigenvalue weighted by Gasteiger charge is -2.24. The van der Waals surface area contributed by atoms with E-state index in [-0.39, 0.29) is 0 Å². The third-order valence-corrected chi connectivity index (χ3v) is 3.99. The van der Waals surface area contributed by atoms with Crippen molar-refractivity contribution >= 4 is 6.29 Å². The van der Waals surface area contributed by atoms with Gasteiger partial charge in [0.15, 0.2) is 0 Å². The highest BCUT2D eigenvalue weighted by Gasteiger charge is 2.27. The largest absolute Gasteiger partial charge is 0.497 e. The van der Waals surface area contributed by atoms with Gasteiger partial charge in [0.2, 0.25) is 0 Å². The lowest BCUT2D eigenvalue weighted by atomic mass is 9.78. The molecule has 2 nitrogen and oxygen atoms in total. The van der Waals surface area contributed by atoms with Crippen LogP contribution in [-0.2, 0) is 23.1 Å². The maximum Gasteiger partial charge on any atom is 0.130 e. The van der Waals surface area contributed by atoms with Crippen molar-refractivity contribution in [2.45, 2.75) is 32.1 Å². The third-order valence-electron chi connectivity index (χ3n) is 3.99. The van der Waals surface area contributed by atoms with Crippen molar-refractivity contribution in [2.24, 2.45) is 0 Å². The van der Waals surface area contributed by atoms with Crippen LogP contribution in [0.3, 0.4) is 0 Å². The Bertz CT molecular complexity index is 601. The summed E-state index contributed by atoms with van der Waals surface area (Å²) >= 11 is 0. The molecule has 2 aromatic carbocycles. The number of benzene rings is 2. The number of hydrogen-bond donors (Lipinski definition) is 0. The second-order valence-electron chi connectivity index (χ2n) is 5.61. The van der Waals surface area contributed by atoms with Crippen molar-refractivity contribution in [3.05, 3.63) is 65.2 Å². The average Bonchev–Trinajstić information content (AvgIpc) is 2.55. The summed E-state index contributed by atoms with van der Waals surface area (Å²) < 4.78 is 5.26. The minimum Gasteiger partial charge on any atom is -0.497 e. The van der Waals surface area contributed by atoms with Crippen LogP contribution in [0.5, 0.6) is 5.75 Å². The molecule has 110 valence electrons. The number of ether oxygens (including phenoxy) is 1. The summed E-state index contributed by atoms with van der Waals surface area (Å²) in [6.07, 6.45) is 2.75. The van der Waals surface area contributed by atoms with E-state index in [4.69, 9.17) is 4.74 Å². The number of methoxy groups -OCH3 is 1. The van der Waals surface area contributed by atoms with Crippen LogP contribution in [0.1, 0.15) is 30.5 Å². The Morgan fingerprint density at radius 1 is 1.10 bits per heavy atom. The monoisotopic (exact) mass is 282 g/mol. The lowest BCUT2D eigenvalue weighted by Crippen LogP contribution is -2.26. The second-order valence-corrected chi connectivity index (χ2v) is 5.61. The first-order valence-electron chi connectivity index (χ1n) is 7.30. The van der Waals surface area contributed by atoms with Gasteiger partial charge in [-0.15, -0.1) is 0 Å². The van der Waals surface area contributed by atoms with E-state index in [0.717, 1.165) is 24.0 Å². The van der Waals surface area contributed by atoms with Gasteiger partial charge in [0.1, 0.15) is 12.0 Å². The van der Waals surface area contributed by atoms with E-state index in [1.54, 1.807) is 7.11 Å². The Morgan fingerprint density at radius 3 is 2.33 bits per heavy atom. The molecule has 0 saturated carbocycles. The van der Waals surface area contributed by atoms with E-state index < -0.39 is 5.41 Å². The first kappa shape index (κ1) is 15.3. The summed E-state index contributed by atoms with van der Waals surface area (Å²) in [4.78, 5) is 11.7. The van der Waals surface area contributed by atoms with E-state index >= 15 is 0 Å². The van der Waals surface area contributed by atoms with Crippen molar-refractivity contribution in [3.63, 3.8) is 0 Å². The summed E-state index contributed by atoms with van der Waals surface area (Å²) in [5.41, 5.74) is 2.93. The van der Waals surface area contributed by atoms with Crippen LogP contribution in [0.15, 0.2) is 48.5 Å². The van der Waals surface area contributed by atoms with Crippen LogP contribution in [-0.4, -0.2) is 13.4 Å². The molecule has 0 fully saturated rings. The third kappa shape index (κ3) is 3.52. The van der Waals surface area contributed by atoms with Crippen molar-refractivity contribution in [2.75, 3.05) is 7.11 Å². The van der Waals surface area contributed by atoms with Gasteiger partial charge in [-0.2, -0.15) is 0 Å². The van der Waals surface area contributed by atoms with E-state index in [1.807, 2.05) is 31.2 Å². The Morgan fingerprint density at radius 2 is 1.76 bits per heavy atom. The predicted octanol–water partition coefficient (Wildman–Crippen LogP) is 3.96. The number of rotatable bonds is 6. The van der Waals surface area contributed by atoms with Gasteiger partial charge >= 0.3 is 0 Å². The standard InChI is InChI=1S/C19H22O2/c1-4-15-8-10-16(11-9-15)13-19(2,14-20)17-6-5-7-18(12-17)21-3/h5-12,14H,4,13H2,1-3H3. The van der Waals surface area contributed by atoms with E-state index in [1.165, 1.54) is 11.1 Å². The van der Waals surface area contributed by atoms with Gasteiger partial charge in [-0.1, -0.05) is 43.3 Å². The summed E-state index contributed by atoms with van der Waals surface area (Å²) in [5, 5.41) is 0. The molecule has 0 saturated heterocycles. The average molecular weight is 282 g/mol. The molecule has 0 aromatic heterocycles. The molecule has 0 aliphatic carbocycles. The van der Waals surface area contributed by atoms with Crippen molar-refractivity contribution in [1.82, 2.24) is 0 Å². The van der Waals surface area contributed by atoms with Gasteiger partial charge < -0.3 is 9.53 Å². The number of hydrogen-bond acceptors (Lipinski definition) is 2. The summed E-state index contributed by atoms with van der Waals surface area (Å²) in [6, 6.07) is 16.2. The molecular weight excluding hydrogens is 260 g/mol. The van der Waals surface area contributed by atoms with Gasteiger partial charge in [-0.05, 0) is 48.6 Å². The van der Waals surface area contributed by atoms with Crippen LogP contribution in [0.4, 0.5) is 0 Å². The number of aryl methyl sites for hydroxylation is 1. The molecule has 0 aliphatic heterocycles. The Balaban J connectivity index is 2.29.